The van der Waals surface area contributed by atoms with Gasteiger partial charge >= 0.3 is 0 Å². The molecule has 2 rings (SSSR count). The van der Waals surface area contributed by atoms with Gasteiger partial charge in [0, 0.05) is 36.7 Å². The van der Waals surface area contributed by atoms with Crippen molar-refractivity contribution in [2.24, 2.45) is 11.8 Å². The summed E-state index contributed by atoms with van der Waals surface area (Å²) in [5.74, 6) is 0.849. The van der Waals surface area contributed by atoms with E-state index in [1.54, 1.807) is 6.92 Å². The molecule has 2 saturated heterocycles. The van der Waals surface area contributed by atoms with E-state index >= 15 is 0 Å². The molecule has 170 valence electrons. The number of ether oxygens (including phenoxy) is 1. The third-order valence-corrected chi connectivity index (χ3v) is 5.03. The Kier molecular flexibility index (Phi) is 14.7. The number of carbonyl (C=O) groups excluding carboxylic acids is 2. The van der Waals surface area contributed by atoms with Crippen LogP contribution >= 0.6 is 0 Å². The van der Waals surface area contributed by atoms with E-state index in [0.29, 0.717) is 24.6 Å². The van der Waals surface area contributed by atoms with E-state index in [1.807, 2.05) is 27.7 Å². The number of amides is 1. The maximum absolute atomic E-state index is 11.3. The standard InChI is InChI=1S/C12H21NO2.C9H18N2O.C2H6/c1-8(2)9(3)13-11-5-6-15-12(7-11)10(4)14;1-7(2)9(12)11-8-3-5-10-6-4-8;1-2/h8,11-13H,3,5-7H2,1-2,4H3;7-8,10H,3-6H2,1-2H3,(H,11,12);1-2H3. The molecule has 0 spiro atoms. The lowest BCUT2D eigenvalue weighted by Crippen LogP contribution is -2.44. The highest BCUT2D eigenvalue weighted by Crippen LogP contribution is 2.17. The first-order valence-electron chi connectivity index (χ1n) is 11.3. The number of Topliss-reactive ketones (excluding diaryl/α,β-unsaturated/α-hetero) is 1. The first-order chi connectivity index (χ1) is 13.7. The van der Waals surface area contributed by atoms with Crippen LogP contribution in [0.1, 0.15) is 74.1 Å². The van der Waals surface area contributed by atoms with E-state index in [-0.39, 0.29) is 23.7 Å². The molecule has 3 N–H and O–H groups in total. The Morgan fingerprint density at radius 1 is 0.966 bits per heavy atom. The smallest absolute Gasteiger partial charge is 0.222 e. The Hall–Kier alpha value is -1.40. The number of ketones is 1. The fourth-order valence-corrected chi connectivity index (χ4v) is 2.97. The maximum atomic E-state index is 11.3. The second kappa shape index (κ2) is 15.4. The number of hydrogen-bond acceptors (Lipinski definition) is 5. The van der Waals surface area contributed by atoms with Gasteiger partial charge in [-0.05, 0) is 45.2 Å². The first kappa shape index (κ1) is 27.6. The molecule has 0 aromatic heterocycles. The predicted octanol–water partition coefficient (Wildman–Crippen LogP) is 3.42. The van der Waals surface area contributed by atoms with Crippen molar-refractivity contribution in [2.75, 3.05) is 19.7 Å². The van der Waals surface area contributed by atoms with Crippen LogP contribution in [-0.4, -0.2) is 49.6 Å². The summed E-state index contributed by atoms with van der Waals surface area (Å²) >= 11 is 0. The summed E-state index contributed by atoms with van der Waals surface area (Å²) in [4.78, 5) is 22.5. The van der Waals surface area contributed by atoms with E-state index in [0.717, 1.165) is 44.5 Å². The van der Waals surface area contributed by atoms with Crippen LogP contribution in [0.2, 0.25) is 0 Å². The molecular formula is C23H45N3O3. The average Bonchev–Trinajstić information content (AvgIpc) is 2.70. The van der Waals surface area contributed by atoms with Crippen molar-refractivity contribution in [1.29, 1.82) is 0 Å². The van der Waals surface area contributed by atoms with Crippen molar-refractivity contribution in [1.82, 2.24) is 16.0 Å². The van der Waals surface area contributed by atoms with Gasteiger partial charge in [0.15, 0.2) is 5.78 Å². The van der Waals surface area contributed by atoms with E-state index < -0.39 is 0 Å². The fraction of sp³-hybridized carbons (Fsp3) is 0.826. The van der Waals surface area contributed by atoms with Crippen LogP contribution in [0.5, 0.6) is 0 Å². The summed E-state index contributed by atoms with van der Waals surface area (Å²) in [6.45, 7) is 20.4. The summed E-state index contributed by atoms with van der Waals surface area (Å²) in [6, 6.07) is 0.740. The SMILES string of the molecule is C=C(NC1CCOC(C(C)=O)C1)C(C)C.CC.CC(C)C(=O)NC1CCNCC1. The number of piperidine rings is 1. The fourth-order valence-electron chi connectivity index (χ4n) is 2.97. The lowest BCUT2D eigenvalue weighted by atomic mass is 9.99. The Labute approximate surface area is 178 Å². The Morgan fingerprint density at radius 2 is 1.55 bits per heavy atom. The topological polar surface area (TPSA) is 79.5 Å². The molecule has 0 bridgehead atoms. The highest BCUT2D eigenvalue weighted by Gasteiger charge is 2.25. The second-order valence-corrected chi connectivity index (χ2v) is 8.20. The van der Waals surface area contributed by atoms with Gasteiger partial charge in [-0.3, -0.25) is 9.59 Å². The average molecular weight is 412 g/mol. The normalized spacial score (nSPS) is 22.0. The monoisotopic (exact) mass is 411 g/mol. The van der Waals surface area contributed by atoms with Gasteiger partial charge in [0.25, 0.3) is 0 Å². The molecule has 6 nitrogen and oxygen atoms in total. The summed E-state index contributed by atoms with van der Waals surface area (Å²) in [5.41, 5.74) is 1.05. The van der Waals surface area contributed by atoms with Crippen molar-refractivity contribution in [3.63, 3.8) is 0 Å². The highest BCUT2D eigenvalue weighted by molar-refractivity contribution is 5.80. The highest BCUT2D eigenvalue weighted by atomic mass is 16.5. The van der Waals surface area contributed by atoms with E-state index in [2.05, 4.69) is 36.4 Å². The Balaban J connectivity index is 0.000000508. The molecule has 6 heteroatoms. The molecule has 2 fully saturated rings. The zero-order valence-electron chi connectivity index (χ0n) is 19.8. The van der Waals surface area contributed by atoms with Crippen LogP contribution in [0.15, 0.2) is 12.3 Å². The van der Waals surface area contributed by atoms with Crippen LogP contribution in [0.25, 0.3) is 0 Å². The summed E-state index contributed by atoms with van der Waals surface area (Å²) < 4.78 is 5.39. The number of rotatable bonds is 6. The second-order valence-electron chi connectivity index (χ2n) is 8.20. The number of carbonyl (C=O) groups is 2. The number of hydrogen-bond donors (Lipinski definition) is 3. The minimum atomic E-state index is -0.226. The minimum absolute atomic E-state index is 0.111. The van der Waals surface area contributed by atoms with Gasteiger partial charge < -0.3 is 20.7 Å². The van der Waals surface area contributed by atoms with Crippen molar-refractivity contribution in [3.8, 4) is 0 Å². The van der Waals surface area contributed by atoms with E-state index in [1.165, 1.54) is 0 Å². The molecule has 0 aromatic carbocycles. The first-order valence-corrected chi connectivity index (χ1v) is 11.3. The summed E-state index contributed by atoms with van der Waals surface area (Å²) in [6.07, 6.45) is 3.63. The zero-order valence-corrected chi connectivity index (χ0v) is 19.8. The van der Waals surface area contributed by atoms with Crippen LogP contribution in [-0.2, 0) is 14.3 Å². The number of allylic oxidation sites excluding steroid dienone is 1. The van der Waals surface area contributed by atoms with Gasteiger partial charge in [0.1, 0.15) is 6.10 Å². The van der Waals surface area contributed by atoms with Gasteiger partial charge in [-0.25, -0.2) is 0 Å². The summed E-state index contributed by atoms with van der Waals surface area (Å²) in [5, 5.41) is 9.68. The molecule has 2 atom stereocenters. The maximum Gasteiger partial charge on any atom is 0.222 e. The van der Waals surface area contributed by atoms with Gasteiger partial charge in [-0.2, -0.15) is 0 Å². The molecule has 2 aliphatic rings. The van der Waals surface area contributed by atoms with E-state index in [9.17, 15) is 9.59 Å². The van der Waals surface area contributed by atoms with Crippen LogP contribution in [0.3, 0.4) is 0 Å². The lowest BCUT2D eigenvalue weighted by molar-refractivity contribution is -0.131. The van der Waals surface area contributed by atoms with Gasteiger partial charge in [0.05, 0.1) is 0 Å². The van der Waals surface area contributed by atoms with Gasteiger partial charge in [0.2, 0.25) is 5.91 Å². The summed E-state index contributed by atoms with van der Waals surface area (Å²) in [7, 11) is 0. The van der Waals surface area contributed by atoms with E-state index in [4.69, 9.17) is 4.74 Å². The molecule has 29 heavy (non-hydrogen) atoms. The van der Waals surface area contributed by atoms with Crippen LogP contribution in [0, 0.1) is 11.8 Å². The zero-order chi connectivity index (χ0) is 22.4. The van der Waals surface area contributed by atoms with Crippen molar-refractivity contribution in [2.45, 2.75) is 92.3 Å². The van der Waals surface area contributed by atoms with Crippen molar-refractivity contribution < 1.29 is 14.3 Å². The van der Waals surface area contributed by atoms with Crippen LogP contribution in [0.4, 0.5) is 0 Å². The number of nitrogens with one attached hydrogen (secondary N) is 3. The lowest BCUT2D eigenvalue weighted by Gasteiger charge is -2.30. The molecule has 0 aliphatic carbocycles. The molecule has 2 aliphatic heterocycles. The molecule has 1 amide bonds. The Morgan fingerprint density at radius 3 is 2.03 bits per heavy atom. The molecule has 0 aromatic rings. The quantitative estimate of drug-likeness (QED) is 0.624. The van der Waals surface area contributed by atoms with Crippen molar-refractivity contribution in [3.05, 3.63) is 12.3 Å². The molecule has 0 radical (unpaired) electrons. The largest absolute Gasteiger partial charge is 0.386 e. The minimum Gasteiger partial charge on any atom is -0.386 e. The predicted molar refractivity (Wildman–Crippen MR) is 121 cm³/mol. The van der Waals surface area contributed by atoms with Crippen molar-refractivity contribution >= 4 is 11.7 Å². The van der Waals surface area contributed by atoms with Gasteiger partial charge in [-0.1, -0.05) is 48.1 Å². The molecule has 0 saturated carbocycles. The van der Waals surface area contributed by atoms with Crippen LogP contribution < -0.4 is 16.0 Å². The Bertz CT molecular complexity index is 486. The third-order valence-electron chi connectivity index (χ3n) is 5.03. The molecular weight excluding hydrogens is 366 g/mol. The third kappa shape index (κ3) is 12.0. The van der Waals surface area contributed by atoms with Gasteiger partial charge in [-0.15, -0.1) is 0 Å². The molecule has 2 unspecified atom stereocenters. The molecule has 2 heterocycles.